The summed E-state index contributed by atoms with van der Waals surface area (Å²) >= 11 is 0. The van der Waals surface area contributed by atoms with Crippen molar-refractivity contribution in [1.82, 2.24) is 0 Å². The van der Waals surface area contributed by atoms with E-state index in [-0.39, 0.29) is 0 Å². The summed E-state index contributed by atoms with van der Waals surface area (Å²) in [6, 6.07) is 9.61. The van der Waals surface area contributed by atoms with Gasteiger partial charge in [-0.3, -0.25) is 5.32 Å². The van der Waals surface area contributed by atoms with Gasteiger partial charge in [-0.15, -0.1) is 0 Å². The largest absolute Gasteiger partial charge is 0.329 e. The number of hydrogen-bond donors (Lipinski definition) is 2. The normalized spacial score (nSPS) is 21.9. The van der Waals surface area contributed by atoms with Crippen molar-refractivity contribution in [2.45, 2.75) is 39.7 Å². The van der Waals surface area contributed by atoms with Gasteiger partial charge < -0.3 is 4.90 Å². The van der Waals surface area contributed by atoms with Gasteiger partial charge in [0.2, 0.25) is 0 Å². The monoisotopic (exact) mass is 285 g/mol. The number of benzene rings is 1. The molecule has 0 bridgehead atoms. The average molecular weight is 285 g/mol. The van der Waals surface area contributed by atoms with Crippen LogP contribution in [-0.2, 0) is 0 Å². The minimum absolute atomic E-state index is 0.761. The maximum atomic E-state index is 3.63. The first-order valence-corrected chi connectivity index (χ1v) is 8.19. The molecule has 1 unspecified atom stereocenters. The highest BCUT2D eigenvalue weighted by Crippen LogP contribution is 2.18. The number of quaternary nitrogens is 1. The highest BCUT2D eigenvalue weighted by molar-refractivity contribution is 5.80. The Morgan fingerprint density at radius 1 is 1.29 bits per heavy atom. The Hall–Kier alpha value is -1.61. The average Bonchev–Trinajstić information content (AvgIpc) is 2.92. The van der Waals surface area contributed by atoms with Crippen LogP contribution in [0.15, 0.2) is 24.3 Å². The maximum absolute atomic E-state index is 3.63. The van der Waals surface area contributed by atoms with Gasteiger partial charge in [0.1, 0.15) is 18.1 Å². The number of aryl methyl sites for hydroxylation is 2. The van der Waals surface area contributed by atoms with E-state index in [1.807, 2.05) is 0 Å². The zero-order valence-corrected chi connectivity index (χ0v) is 13.4. The second kappa shape index (κ2) is 6.02. The maximum Gasteiger partial charge on any atom is 0.273 e. The van der Waals surface area contributed by atoms with Gasteiger partial charge in [-0.05, 0) is 38.0 Å². The van der Waals surface area contributed by atoms with Crippen molar-refractivity contribution in [1.29, 1.82) is 0 Å². The first-order chi connectivity index (χ1) is 10.2. The molecule has 3 nitrogen and oxygen atoms in total. The third kappa shape index (κ3) is 3.03. The van der Waals surface area contributed by atoms with Crippen molar-refractivity contribution in [3.8, 4) is 0 Å². The molecule has 21 heavy (non-hydrogen) atoms. The molecule has 0 radical (unpaired) electrons. The Morgan fingerprint density at radius 2 is 2.14 bits per heavy atom. The molecule has 1 aliphatic heterocycles. The Labute approximate surface area is 127 Å². The number of rotatable bonds is 4. The van der Waals surface area contributed by atoms with E-state index in [9.17, 15) is 0 Å². The lowest BCUT2D eigenvalue weighted by Gasteiger charge is -2.18. The highest BCUT2D eigenvalue weighted by Gasteiger charge is 2.28. The molecular weight excluding hydrogens is 258 g/mol. The first kappa shape index (κ1) is 14.3. The highest BCUT2D eigenvalue weighted by atomic mass is 15.2. The van der Waals surface area contributed by atoms with E-state index in [1.54, 1.807) is 4.90 Å². The van der Waals surface area contributed by atoms with Crippen molar-refractivity contribution in [3.05, 3.63) is 35.4 Å². The fourth-order valence-corrected chi connectivity index (χ4v) is 3.60. The Kier molecular flexibility index (Phi) is 4.11. The van der Waals surface area contributed by atoms with Crippen molar-refractivity contribution in [2.24, 2.45) is 0 Å². The van der Waals surface area contributed by atoms with E-state index in [0.717, 1.165) is 18.4 Å². The van der Waals surface area contributed by atoms with Gasteiger partial charge in [0.25, 0.3) is 5.82 Å². The number of fused-ring (bicyclic) bond motifs is 1. The Balaban J connectivity index is 1.78. The summed E-state index contributed by atoms with van der Waals surface area (Å²) in [4.78, 5) is 5.29. The number of hydrogen-bond acceptors (Lipinski definition) is 1. The quantitative estimate of drug-likeness (QED) is 0.881. The molecule has 0 saturated carbocycles. The molecule has 1 saturated heterocycles. The molecule has 1 aromatic heterocycles. The molecular formula is C18H27N3+2. The number of likely N-dealkylation sites (tertiary alicyclic amines) is 1. The second-order valence-corrected chi connectivity index (χ2v) is 6.40. The number of likely N-dealkylation sites (N-methyl/N-ethyl adjacent to an activating group) is 1. The van der Waals surface area contributed by atoms with Crippen LogP contribution in [0.4, 0.5) is 5.82 Å². The third-order valence-electron chi connectivity index (χ3n) is 4.85. The number of nitrogens with one attached hydrogen (secondary N) is 3. The molecule has 1 aliphatic rings. The Morgan fingerprint density at radius 3 is 2.95 bits per heavy atom. The third-order valence-corrected chi connectivity index (χ3v) is 4.85. The lowest BCUT2D eigenvalue weighted by atomic mass is 10.1. The predicted molar refractivity (Wildman–Crippen MR) is 87.9 cm³/mol. The molecule has 1 fully saturated rings. The Bertz CT molecular complexity index is 636. The van der Waals surface area contributed by atoms with Crippen molar-refractivity contribution in [2.75, 3.05) is 25.0 Å². The van der Waals surface area contributed by atoms with Crippen LogP contribution in [0.3, 0.4) is 0 Å². The fourth-order valence-electron chi connectivity index (χ4n) is 3.60. The van der Waals surface area contributed by atoms with E-state index in [2.05, 4.69) is 55.3 Å². The van der Waals surface area contributed by atoms with Gasteiger partial charge in [-0.2, -0.15) is 0 Å². The zero-order chi connectivity index (χ0) is 14.8. The molecule has 112 valence electrons. The van der Waals surface area contributed by atoms with Crippen LogP contribution in [0, 0.1) is 13.8 Å². The number of anilines is 1. The standard InChI is InChI=1S/C18H25N3/c1-4-21-9-5-6-15(21)12-19-18-11-14(3)16-8-7-13(2)10-17(16)20-18/h7-8,10-11,15H,4-6,9,12H2,1-3H3,(H,19,20)/p+2/t15-/m0/s1. The molecule has 1 aromatic carbocycles. The molecule has 2 aromatic rings. The smallest absolute Gasteiger partial charge is 0.273 e. The summed E-state index contributed by atoms with van der Waals surface area (Å²) in [5.41, 5.74) is 3.86. The lowest BCUT2D eigenvalue weighted by molar-refractivity contribution is -0.908. The molecule has 3 N–H and O–H groups in total. The van der Waals surface area contributed by atoms with Crippen LogP contribution in [0.5, 0.6) is 0 Å². The minimum Gasteiger partial charge on any atom is -0.329 e. The van der Waals surface area contributed by atoms with Gasteiger partial charge in [0, 0.05) is 24.3 Å². The lowest BCUT2D eigenvalue weighted by Crippen LogP contribution is -3.14. The fraction of sp³-hybridized carbons (Fsp3) is 0.500. The van der Waals surface area contributed by atoms with Crippen LogP contribution in [0.2, 0.25) is 0 Å². The molecule has 0 aliphatic carbocycles. The van der Waals surface area contributed by atoms with Crippen LogP contribution in [-0.4, -0.2) is 25.7 Å². The summed E-state index contributed by atoms with van der Waals surface area (Å²) in [5, 5.41) is 4.94. The summed E-state index contributed by atoms with van der Waals surface area (Å²) < 4.78 is 0. The van der Waals surface area contributed by atoms with Crippen LogP contribution in [0.1, 0.15) is 30.9 Å². The van der Waals surface area contributed by atoms with Crippen LogP contribution < -0.4 is 15.2 Å². The van der Waals surface area contributed by atoms with E-state index in [0.29, 0.717) is 0 Å². The van der Waals surface area contributed by atoms with Gasteiger partial charge in [0.15, 0.2) is 0 Å². The number of aromatic nitrogens is 1. The van der Waals surface area contributed by atoms with E-state index >= 15 is 0 Å². The number of aromatic amines is 1. The van der Waals surface area contributed by atoms with Crippen molar-refractivity contribution in [3.63, 3.8) is 0 Å². The SMILES string of the molecule is CC[NH+]1CCC[C@H]1CNc1cc(C)c2ccc(C)cc2[nH+]1. The molecule has 2 atom stereocenters. The molecule has 0 amide bonds. The minimum atomic E-state index is 0.761. The summed E-state index contributed by atoms with van der Waals surface area (Å²) in [6.45, 7) is 10.3. The van der Waals surface area contributed by atoms with Crippen molar-refractivity contribution >= 4 is 16.7 Å². The predicted octanol–water partition coefficient (Wildman–Crippen LogP) is 1.75. The molecule has 0 spiro atoms. The van der Waals surface area contributed by atoms with Crippen LogP contribution >= 0.6 is 0 Å². The second-order valence-electron chi connectivity index (χ2n) is 6.40. The van der Waals surface area contributed by atoms with Gasteiger partial charge in [-0.1, -0.05) is 12.1 Å². The molecule has 3 heteroatoms. The zero-order valence-electron chi connectivity index (χ0n) is 13.4. The van der Waals surface area contributed by atoms with Gasteiger partial charge in [-0.25, -0.2) is 4.98 Å². The number of H-pyrrole nitrogens is 1. The van der Waals surface area contributed by atoms with E-state index in [4.69, 9.17) is 0 Å². The van der Waals surface area contributed by atoms with E-state index < -0.39 is 0 Å². The summed E-state index contributed by atoms with van der Waals surface area (Å²) in [7, 11) is 0. The van der Waals surface area contributed by atoms with Crippen LogP contribution in [0.25, 0.3) is 10.9 Å². The number of pyridine rings is 1. The topological polar surface area (TPSA) is 30.6 Å². The van der Waals surface area contributed by atoms with Crippen molar-refractivity contribution < 1.29 is 9.88 Å². The summed E-state index contributed by atoms with van der Waals surface area (Å²) in [5.74, 6) is 1.15. The summed E-state index contributed by atoms with van der Waals surface area (Å²) in [6.07, 6.45) is 2.72. The van der Waals surface area contributed by atoms with Gasteiger partial charge >= 0.3 is 0 Å². The first-order valence-electron chi connectivity index (χ1n) is 8.19. The van der Waals surface area contributed by atoms with Gasteiger partial charge in [0.05, 0.1) is 13.1 Å². The molecule has 3 rings (SSSR count). The molecule has 2 heterocycles. The van der Waals surface area contributed by atoms with E-state index in [1.165, 1.54) is 48.0 Å².